The summed E-state index contributed by atoms with van der Waals surface area (Å²) in [5.74, 6) is 0. The third kappa shape index (κ3) is 2.71. The fraction of sp³-hybridized carbons (Fsp3) is 0.318. The van der Waals surface area contributed by atoms with Gasteiger partial charge >= 0.3 is 6.18 Å². The second-order valence-electron chi connectivity index (χ2n) is 7.98. The number of alkyl halides is 3. The van der Waals surface area contributed by atoms with E-state index in [9.17, 15) is 28.5 Å². The van der Waals surface area contributed by atoms with Crippen molar-refractivity contribution in [2.75, 3.05) is 13.2 Å². The van der Waals surface area contributed by atoms with Crippen molar-refractivity contribution in [3.05, 3.63) is 65.5 Å². The van der Waals surface area contributed by atoms with Gasteiger partial charge in [-0.1, -0.05) is 42.0 Å². The van der Waals surface area contributed by atoms with E-state index in [2.05, 4.69) is 5.10 Å². The van der Waals surface area contributed by atoms with E-state index in [0.29, 0.717) is 27.8 Å². The number of halogens is 3. The first kappa shape index (κ1) is 20.6. The highest BCUT2D eigenvalue weighted by atomic mass is 19.4. The Morgan fingerprint density at radius 2 is 1.70 bits per heavy atom. The molecular formula is C22H21F3N2O3. The molecule has 0 amide bonds. The number of rotatable bonds is 4. The molecule has 3 aromatic rings. The Kier molecular flexibility index (Phi) is 4.57. The lowest BCUT2D eigenvalue weighted by molar-refractivity contribution is -0.246. The van der Waals surface area contributed by atoms with E-state index in [1.54, 1.807) is 38.2 Å². The summed E-state index contributed by atoms with van der Waals surface area (Å²) >= 11 is 0. The second kappa shape index (κ2) is 6.66. The molecule has 8 heteroatoms. The lowest BCUT2D eigenvalue weighted by Crippen LogP contribution is -2.41. The summed E-state index contributed by atoms with van der Waals surface area (Å²) in [5.41, 5.74) is -2.43. The van der Waals surface area contributed by atoms with Crippen molar-refractivity contribution in [2.24, 2.45) is 0 Å². The lowest BCUT2D eigenvalue weighted by Gasteiger charge is -2.28. The molecule has 158 valence electrons. The zero-order chi connectivity index (χ0) is 21.9. The molecule has 0 spiro atoms. The number of hydrogen-bond acceptors (Lipinski definition) is 4. The molecule has 0 saturated carbocycles. The molecule has 1 atom stereocenters. The maximum absolute atomic E-state index is 14.1. The number of aryl methyl sites for hydroxylation is 1. The zero-order valence-corrected chi connectivity index (χ0v) is 16.4. The van der Waals surface area contributed by atoms with Gasteiger partial charge in [0.15, 0.2) is 0 Å². The molecule has 3 N–H and O–H groups in total. The van der Waals surface area contributed by atoms with Crippen molar-refractivity contribution >= 4 is 0 Å². The first-order valence-corrected chi connectivity index (χ1v) is 9.38. The average Bonchev–Trinajstić information content (AvgIpc) is 3.30. The molecule has 0 radical (unpaired) electrons. The molecule has 0 saturated heterocycles. The van der Waals surface area contributed by atoms with Gasteiger partial charge in [0, 0.05) is 22.9 Å². The minimum Gasteiger partial charge on any atom is -0.394 e. The molecule has 1 aliphatic carbocycles. The summed E-state index contributed by atoms with van der Waals surface area (Å²) in [7, 11) is 0. The van der Waals surface area contributed by atoms with Crippen LogP contribution >= 0.6 is 0 Å². The molecule has 4 rings (SSSR count). The maximum atomic E-state index is 14.1. The highest BCUT2D eigenvalue weighted by molar-refractivity contribution is 5.92. The largest absolute Gasteiger partial charge is 0.425 e. The van der Waals surface area contributed by atoms with Crippen LogP contribution in [0, 0.1) is 6.92 Å². The van der Waals surface area contributed by atoms with Gasteiger partial charge in [-0.05, 0) is 30.5 Å². The molecule has 30 heavy (non-hydrogen) atoms. The third-order valence-corrected chi connectivity index (χ3v) is 5.80. The summed E-state index contributed by atoms with van der Waals surface area (Å²) in [4.78, 5) is 0. The average molecular weight is 418 g/mol. The Morgan fingerprint density at radius 1 is 1.03 bits per heavy atom. The number of aliphatic hydroxyl groups is 3. The maximum Gasteiger partial charge on any atom is 0.425 e. The number of benzene rings is 2. The topological polar surface area (TPSA) is 78.5 Å². The first-order valence-electron chi connectivity index (χ1n) is 9.38. The Morgan fingerprint density at radius 3 is 2.33 bits per heavy atom. The van der Waals surface area contributed by atoms with Crippen molar-refractivity contribution in [3.63, 3.8) is 0 Å². The van der Waals surface area contributed by atoms with E-state index in [4.69, 9.17) is 0 Å². The third-order valence-electron chi connectivity index (χ3n) is 5.80. The van der Waals surface area contributed by atoms with E-state index >= 15 is 0 Å². The van der Waals surface area contributed by atoms with Crippen LogP contribution in [-0.2, 0) is 11.1 Å². The number of aliphatic hydroxyl groups excluding tert-OH is 2. The Labute approximate surface area is 171 Å². The van der Waals surface area contributed by atoms with Gasteiger partial charge in [-0.3, -0.25) is 4.68 Å². The SMILES string of the molecule is Cc1cc(-c2cnn(C(C)(CO)CO)c2)c2c(c1)[C@@](O)(C(F)(F)F)c1ccccc1-2. The molecule has 2 aromatic carbocycles. The number of hydrogen-bond donors (Lipinski definition) is 3. The van der Waals surface area contributed by atoms with Crippen molar-refractivity contribution in [1.82, 2.24) is 9.78 Å². The van der Waals surface area contributed by atoms with Gasteiger partial charge in [0.2, 0.25) is 5.60 Å². The van der Waals surface area contributed by atoms with Crippen LogP contribution in [0.2, 0.25) is 0 Å². The highest BCUT2D eigenvalue weighted by Gasteiger charge is 2.61. The highest BCUT2D eigenvalue weighted by Crippen LogP contribution is 2.57. The minimum absolute atomic E-state index is 0.206. The van der Waals surface area contributed by atoms with Gasteiger partial charge in [0.05, 0.1) is 19.4 Å². The predicted molar refractivity (Wildman–Crippen MR) is 105 cm³/mol. The summed E-state index contributed by atoms with van der Waals surface area (Å²) in [6, 6.07) is 9.07. The van der Waals surface area contributed by atoms with Crippen molar-refractivity contribution in [2.45, 2.75) is 31.2 Å². The van der Waals surface area contributed by atoms with Gasteiger partial charge < -0.3 is 15.3 Å². The Balaban J connectivity index is 2.01. The molecular weight excluding hydrogens is 397 g/mol. The van der Waals surface area contributed by atoms with Crippen LogP contribution in [0.15, 0.2) is 48.8 Å². The van der Waals surface area contributed by atoms with Crippen LogP contribution < -0.4 is 0 Å². The summed E-state index contributed by atoms with van der Waals surface area (Å²) in [6.45, 7) is 2.54. The van der Waals surface area contributed by atoms with Crippen molar-refractivity contribution in [3.8, 4) is 22.3 Å². The molecule has 1 aliphatic rings. The van der Waals surface area contributed by atoms with E-state index in [1.165, 1.54) is 29.1 Å². The summed E-state index contributed by atoms with van der Waals surface area (Å²) < 4.78 is 43.7. The number of aromatic nitrogens is 2. The van der Waals surface area contributed by atoms with Gasteiger partial charge in [-0.2, -0.15) is 18.3 Å². The van der Waals surface area contributed by atoms with E-state index in [0.717, 1.165) is 0 Å². The van der Waals surface area contributed by atoms with Crippen molar-refractivity contribution in [1.29, 1.82) is 0 Å². The number of fused-ring (bicyclic) bond motifs is 3. The molecule has 0 fully saturated rings. The number of nitrogens with zero attached hydrogens (tertiary/aromatic N) is 2. The van der Waals surface area contributed by atoms with Crippen LogP contribution in [0.25, 0.3) is 22.3 Å². The van der Waals surface area contributed by atoms with E-state index in [1.807, 2.05) is 0 Å². The normalized spacial score (nSPS) is 18.4. The monoisotopic (exact) mass is 418 g/mol. The van der Waals surface area contributed by atoms with E-state index in [-0.39, 0.29) is 24.3 Å². The standard InChI is InChI=1S/C22H21F3N2O3/c1-13-7-16(14-9-26-27(10-14)20(2,11-28)12-29)19-15-5-3-4-6-17(15)21(30,18(19)8-13)22(23,24)25/h3-10,28-30H,11-12H2,1-2H3/t21-/m1/s1. The predicted octanol–water partition coefficient (Wildman–Crippen LogP) is 3.34. The van der Waals surface area contributed by atoms with Crippen LogP contribution in [0.4, 0.5) is 13.2 Å². The minimum atomic E-state index is -4.91. The van der Waals surface area contributed by atoms with Crippen molar-refractivity contribution < 1.29 is 28.5 Å². The zero-order valence-electron chi connectivity index (χ0n) is 16.4. The summed E-state index contributed by atoms with van der Waals surface area (Å²) in [6.07, 6.45) is -1.85. The van der Waals surface area contributed by atoms with Gasteiger partial charge in [-0.15, -0.1) is 0 Å². The van der Waals surface area contributed by atoms with Crippen LogP contribution in [0.5, 0.6) is 0 Å². The Hall–Kier alpha value is -2.68. The van der Waals surface area contributed by atoms with Crippen LogP contribution in [0.1, 0.15) is 23.6 Å². The van der Waals surface area contributed by atoms with Crippen LogP contribution in [-0.4, -0.2) is 44.5 Å². The first-order chi connectivity index (χ1) is 14.1. The summed E-state index contributed by atoms with van der Waals surface area (Å²) in [5, 5.41) is 34.4. The fourth-order valence-corrected chi connectivity index (χ4v) is 4.01. The smallest absolute Gasteiger partial charge is 0.394 e. The Bertz CT molecular complexity index is 1120. The fourth-order valence-electron chi connectivity index (χ4n) is 4.01. The van der Waals surface area contributed by atoms with Crippen LogP contribution in [0.3, 0.4) is 0 Å². The molecule has 0 bridgehead atoms. The van der Waals surface area contributed by atoms with E-state index < -0.39 is 17.3 Å². The molecule has 1 heterocycles. The second-order valence-corrected chi connectivity index (χ2v) is 7.98. The van der Waals surface area contributed by atoms with Gasteiger partial charge in [0.25, 0.3) is 0 Å². The molecule has 0 unspecified atom stereocenters. The van der Waals surface area contributed by atoms with Gasteiger partial charge in [-0.25, -0.2) is 0 Å². The quantitative estimate of drug-likeness (QED) is 0.607. The molecule has 5 nitrogen and oxygen atoms in total. The molecule has 1 aromatic heterocycles. The van der Waals surface area contributed by atoms with Gasteiger partial charge in [0.1, 0.15) is 5.54 Å². The lowest BCUT2D eigenvalue weighted by atomic mass is 9.88. The molecule has 0 aliphatic heterocycles.